The molecule has 3 amide bonds. The molecule has 0 radical (unpaired) electrons. The van der Waals surface area contributed by atoms with Crippen LogP contribution in [0.3, 0.4) is 0 Å². The molecule has 4 aromatic rings. The summed E-state index contributed by atoms with van der Waals surface area (Å²) in [5, 5.41) is 9.70. The number of nitrogens with two attached hydrogens (primary N) is 2. The number of carbonyl (C=O) groups excluding carboxylic acids is 3. The maximum absolute atomic E-state index is 13.1. The van der Waals surface area contributed by atoms with Crippen LogP contribution in [0.2, 0.25) is 0 Å². The molecule has 0 bridgehead atoms. The van der Waals surface area contributed by atoms with Gasteiger partial charge in [0.1, 0.15) is 5.82 Å². The zero-order valence-electron chi connectivity index (χ0n) is 17.2. The average Bonchev–Trinajstić information content (AvgIpc) is 3.32. The van der Waals surface area contributed by atoms with Crippen molar-refractivity contribution in [2.75, 3.05) is 11.1 Å². The molecule has 0 atom stereocenters. The Hall–Kier alpha value is -4.87. The van der Waals surface area contributed by atoms with Crippen LogP contribution < -0.4 is 16.8 Å². The molecule has 166 valence electrons. The third kappa shape index (κ3) is 4.74. The van der Waals surface area contributed by atoms with Crippen molar-refractivity contribution < 1.29 is 14.4 Å². The standard InChI is InChI=1S/C21H19N9O3/c22-18-15-8-27-29-17(15)16(9-26-18)28-20(32)21(33)30(10-13-3-1-2-6-24-13)11-14-5-4-12(7-25-14)19(23)31/h1-9H,10-11H2,(H2,22,26)(H2,23,31)(H,27,29)(H,28,32). The van der Waals surface area contributed by atoms with Crippen molar-refractivity contribution >= 4 is 40.1 Å². The van der Waals surface area contributed by atoms with Crippen LogP contribution in [0.1, 0.15) is 21.7 Å². The molecule has 0 aromatic carbocycles. The number of H-pyrrole nitrogens is 1. The number of nitrogen functional groups attached to an aromatic ring is 1. The van der Waals surface area contributed by atoms with E-state index in [1.54, 1.807) is 30.5 Å². The lowest BCUT2D eigenvalue weighted by Crippen LogP contribution is -2.39. The number of carbonyl (C=O) groups is 3. The summed E-state index contributed by atoms with van der Waals surface area (Å²) in [5.74, 6) is -2.07. The average molecular weight is 445 g/mol. The monoisotopic (exact) mass is 445 g/mol. The van der Waals surface area contributed by atoms with Gasteiger partial charge in [-0.2, -0.15) is 5.10 Å². The Balaban J connectivity index is 1.57. The Morgan fingerprint density at radius 2 is 1.76 bits per heavy atom. The van der Waals surface area contributed by atoms with Crippen molar-refractivity contribution in [3.05, 3.63) is 72.1 Å². The predicted octanol–water partition coefficient (Wildman–Crippen LogP) is 0.596. The molecular weight excluding hydrogens is 426 g/mol. The third-order valence-corrected chi connectivity index (χ3v) is 4.79. The molecule has 0 aliphatic carbocycles. The van der Waals surface area contributed by atoms with Crippen LogP contribution in [-0.4, -0.2) is 47.8 Å². The normalized spacial score (nSPS) is 10.7. The number of hydrogen-bond acceptors (Lipinski definition) is 8. The van der Waals surface area contributed by atoms with E-state index in [9.17, 15) is 14.4 Å². The summed E-state index contributed by atoms with van der Waals surface area (Å²) in [4.78, 5) is 50.9. The summed E-state index contributed by atoms with van der Waals surface area (Å²) >= 11 is 0. The van der Waals surface area contributed by atoms with Crippen LogP contribution in [0.15, 0.2) is 55.1 Å². The summed E-state index contributed by atoms with van der Waals surface area (Å²) in [6.45, 7) is 0.0626. The number of nitrogens with one attached hydrogen (secondary N) is 2. The predicted molar refractivity (Wildman–Crippen MR) is 118 cm³/mol. The van der Waals surface area contributed by atoms with Gasteiger partial charge < -0.3 is 21.7 Å². The molecule has 12 heteroatoms. The van der Waals surface area contributed by atoms with E-state index in [1.165, 1.54) is 29.6 Å². The lowest BCUT2D eigenvalue weighted by molar-refractivity contribution is -0.144. The molecule has 4 heterocycles. The number of hydrogen-bond donors (Lipinski definition) is 4. The molecule has 0 saturated carbocycles. The minimum absolute atomic E-state index is 0.00132. The Morgan fingerprint density at radius 3 is 2.42 bits per heavy atom. The van der Waals surface area contributed by atoms with Gasteiger partial charge in [0.2, 0.25) is 5.91 Å². The first-order valence-corrected chi connectivity index (χ1v) is 9.75. The minimum Gasteiger partial charge on any atom is -0.383 e. The van der Waals surface area contributed by atoms with E-state index in [0.29, 0.717) is 22.3 Å². The van der Waals surface area contributed by atoms with Gasteiger partial charge in [-0.1, -0.05) is 6.07 Å². The third-order valence-electron chi connectivity index (χ3n) is 4.79. The number of pyridine rings is 3. The van der Waals surface area contributed by atoms with Gasteiger partial charge in [-0.15, -0.1) is 0 Å². The van der Waals surface area contributed by atoms with Crippen LogP contribution in [0.4, 0.5) is 11.5 Å². The maximum Gasteiger partial charge on any atom is 0.314 e. The van der Waals surface area contributed by atoms with Gasteiger partial charge in [0, 0.05) is 12.4 Å². The molecule has 0 aliphatic rings. The van der Waals surface area contributed by atoms with E-state index in [1.807, 2.05) is 0 Å². The number of aromatic nitrogens is 5. The molecule has 6 N–H and O–H groups in total. The summed E-state index contributed by atoms with van der Waals surface area (Å²) in [5.41, 5.74) is 13.0. The molecule has 0 unspecified atom stereocenters. The van der Waals surface area contributed by atoms with E-state index in [2.05, 4.69) is 30.5 Å². The number of nitrogens with zero attached hydrogens (tertiary/aromatic N) is 5. The van der Waals surface area contributed by atoms with Gasteiger partial charge >= 0.3 is 11.8 Å². The topological polar surface area (TPSA) is 186 Å². The van der Waals surface area contributed by atoms with Crippen molar-refractivity contribution in [2.45, 2.75) is 13.1 Å². The van der Waals surface area contributed by atoms with E-state index in [-0.39, 0.29) is 30.2 Å². The number of primary amides is 1. The highest BCUT2D eigenvalue weighted by molar-refractivity contribution is 6.40. The Kier molecular flexibility index (Phi) is 5.89. The molecule has 12 nitrogen and oxygen atoms in total. The van der Waals surface area contributed by atoms with Gasteiger partial charge in [0.05, 0.1) is 59.0 Å². The molecule has 33 heavy (non-hydrogen) atoms. The molecule has 0 aliphatic heterocycles. The van der Waals surface area contributed by atoms with Crippen molar-refractivity contribution in [3.63, 3.8) is 0 Å². The lowest BCUT2D eigenvalue weighted by atomic mass is 10.2. The van der Waals surface area contributed by atoms with Crippen LogP contribution in [0, 0.1) is 0 Å². The number of aromatic amines is 1. The minimum atomic E-state index is -0.887. The van der Waals surface area contributed by atoms with Crippen LogP contribution in [0.5, 0.6) is 0 Å². The fourth-order valence-corrected chi connectivity index (χ4v) is 3.11. The fraction of sp³-hybridized carbons (Fsp3) is 0.0952. The maximum atomic E-state index is 13.1. The van der Waals surface area contributed by atoms with Crippen molar-refractivity contribution in [3.8, 4) is 0 Å². The van der Waals surface area contributed by atoms with E-state index >= 15 is 0 Å². The first-order valence-electron chi connectivity index (χ1n) is 9.75. The van der Waals surface area contributed by atoms with Crippen LogP contribution in [0.25, 0.3) is 10.9 Å². The number of fused-ring (bicyclic) bond motifs is 1. The first-order chi connectivity index (χ1) is 15.9. The Labute approximate surface area is 187 Å². The van der Waals surface area contributed by atoms with Crippen LogP contribution in [-0.2, 0) is 22.7 Å². The second-order valence-electron chi connectivity index (χ2n) is 7.05. The summed E-state index contributed by atoms with van der Waals surface area (Å²) in [6, 6.07) is 8.33. The highest BCUT2D eigenvalue weighted by Crippen LogP contribution is 2.24. The highest BCUT2D eigenvalue weighted by atomic mass is 16.2. The Bertz CT molecular complexity index is 1320. The van der Waals surface area contributed by atoms with E-state index in [0.717, 1.165) is 0 Å². The fourth-order valence-electron chi connectivity index (χ4n) is 3.11. The van der Waals surface area contributed by atoms with E-state index in [4.69, 9.17) is 11.5 Å². The van der Waals surface area contributed by atoms with Gasteiger partial charge in [0.15, 0.2) is 0 Å². The van der Waals surface area contributed by atoms with E-state index < -0.39 is 17.7 Å². The van der Waals surface area contributed by atoms with Gasteiger partial charge in [0.25, 0.3) is 0 Å². The highest BCUT2D eigenvalue weighted by Gasteiger charge is 2.24. The van der Waals surface area contributed by atoms with Crippen molar-refractivity contribution in [1.82, 2.24) is 30.0 Å². The zero-order valence-corrected chi connectivity index (χ0v) is 17.2. The molecule has 0 spiro atoms. The number of rotatable bonds is 6. The van der Waals surface area contributed by atoms with Crippen molar-refractivity contribution in [2.24, 2.45) is 5.73 Å². The summed E-state index contributed by atoms with van der Waals surface area (Å²) < 4.78 is 0. The molecule has 4 aromatic heterocycles. The van der Waals surface area contributed by atoms with Crippen LogP contribution >= 0.6 is 0 Å². The smallest absolute Gasteiger partial charge is 0.314 e. The molecular formula is C21H19N9O3. The largest absolute Gasteiger partial charge is 0.383 e. The quantitative estimate of drug-likeness (QED) is 0.311. The second-order valence-corrected chi connectivity index (χ2v) is 7.05. The number of anilines is 2. The first kappa shape index (κ1) is 21.4. The SMILES string of the molecule is NC(=O)c1ccc(CN(Cc2ccccn2)C(=O)C(=O)Nc2cnc(N)c3cn[nH]c23)nc1. The van der Waals surface area contributed by atoms with Gasteiger partial charge in [-0.05, 0) is 24.3 Å². The van der Waals surface area contributed by atoms with Gasteiger partial charge in [-0.3, -0.25) is 29.5 Å². The summed E-state index contributed by atoms with van der Waals surface area (Å²) in [7, 11) is 0. The number of amides is 3. The Morgan fingerprint density at radius 1 is 0.970 bits per heavy atom. The van der Waals surface area contributed by atoms with Gasteiger partial charge in [-0.25, -0.2) is 4.98 Å². The zero-order chi connectivity index (χ0) is 23.4. The lowest BCUT2D eigenvalue weighted by Gasteiger charge is -2.21. The molecule has 0 saturated heterocycles. The molecule has 4 rings (SSSR count). The molecule has 0 fully saturated rings. The second kappa shape index (κ2) is 9.09. The summed E-state index contributed by atoms with van der Waals surface area (Å²) in [6.07, 6.45) is 5.72. The van der Waals surface area contributed by atoms with Crippen molar-refractivity contribution in [1.29, 1.82) is 0 Å².